The predicted octanol–water partition coefficient (Wildman–Crippen LogP) is 3.98. The number of methoxy groups -OCH3 is 1. The van der Waals surface area contributed by atoms with Gasteiger partial charge >= 0.3 is 0 Å². The van der Waals surface area contributed by atoms with Crippen LogP contribution >= 0.6 is 11.3 Å². The van der Waals surface area contributed by atoms with Crippen LogP contribution in [0.15, 0.2) is 30.3 Å². The Hall–Kier alpha value is -2.07. The van der Waals surface area contributed by atoms with Gasteiger partial charge in [-0.3, -0.25) is 4.79 Å². The van der Waals surface area contributed by atoms with Crippen LogP contribution in [0.1, 0.15) is 25.7 Å². The van der Waals surface area contributed by atoms with Gasteiger partial charge < -0.3 is 9.84 Å². The van der Waals surface area contributed by atoms with E-state index in [1.807, 2.05) is 19.9 Å². The lowest BCUT2D eigenvalue weighted by Gasteiger charge is -2.03. The molecule has 0 fully saturated rings. The first-order valence-electron chi connectivity index (χ1n) is 6.17. The number of carbonyl (C=O) groups excluding carboxylic acids is 1. The molecule has 0 aliphatic carbocycles. The fraction of sp³-hybridized carbons (Fsp3) is 0.188. The van der Waals surface area contributed by atoms with Gasteiger partial charge in [-0.2, -0.15) is 0 Å². The molecule has 0 amide bonds. The minimum Gasteiger partial charge on any atom is -0.504 e. The summed E-state index contributed by atoms with van der Waals surface area (Å²) in [6.45, 7) is 3.93. The molecule has 104 valence electrons. The smallest absolute Gasteiger partial charge is 0.186 e. The van der Waals surface area contributed by atoms with E-state index in [2.05, 4.69) is 0 Å². The minimum absolute atomic E-state index is 0.0258. The zero-order valence-electron chi connectivity index (χ0n) is 11.6. The average Bonchev–Trinajstić information content (AvgIpc) is 2.75. The molecule has 1 N–H and O–H groups in total. The summed E-state index contributed by atoms with van der Waals surface area (Å²) in [4.78, 5) is 14.2. The molecule has 1 heterocycles. The molecule has 0 aliphatic rings. The van der Waals surface area contributed by atoms with Crippen molar-refractivity contribution in [2.45, 2.75) is 13.8 Å². The molecule has 0 aliphatic heterocycles. The van der Waals surface area contributed by atoms with Crippen LogP contribution in [0.2, 0.25) is 0 Å². The largest absolute Gasteiger partial charge is 0.504 e. The second kappa shape index (κ2) is 5.92. The number of benzene rings is 1. The fourth-order valence-corrected chi connectivity index (χ4v) is 2.88. The lowest BCUT2D eigenvalue weighted by atomic mass is 10.1. The van der Waals surface area contributed by atoms with E-state index in [4.69, 9.17) is 4.74 Å². The minimum atomic E-state index is -0.0258. The third-order valence-electron chi connectivity index (χ3n) is 2.94. The molecule has 0 saturated carbocycles. The maximum Gasteiger partial charge on any atom is 0.186 e. The van der Waals surface area contributed by atoms with Crippen molar-refractivity contribution in [3.8, 4) is 11.5 Å². The summed E-state index contributed by atoms with van der Waals surface area (Å²) in [6, 6.07) is 6.92. The highest BCUT2D eigenvalue weighted by Crippen LogP contribution is 2.27. The average molecular weight is 288 g/mol. The zero-order chi connectivity index (χ0) is 14.7. The number of allylic oxidation sites excluding steroid dienone is 1. The second-order valence-corrected chi connectivity index (χ2v) is 5.92. The third kappa shape index (κ3) is 3.08. The van der Waals surface area contributed by atoms with Gasteiger partial charge in [0.25, 0.3) is 0 Å². The summed E-state index contributed by atoms with van der Waals surface area (Å²) in [5.74, 6) is 0.449. The first kappa shape index (κ1) is 14.3. The van der Waals surface area contributed by atoms with Crippen LogP contribution in [0.4, 0.5) is 0 Å². The normalized spacial score (nSPS) is 10.9. The van der Waals surface area contributed by atoms with Crippen molar-refractivity contribution in [2.24, 2.45) is 0 Å². The molecule has 0 radical (unpaired) electrons. The van der Waals surface area contributed by atoms with Gasteiger partial charge in [0, 0.05) is 15.3 Å². The van der Waals surface area contributed by atoms with Gasteiger partial charge in [-0.15, -0.1) is 11.3 Å². The molecular formula is C16H16O3S. The van der Waals surface area contributed by atoms with Gasteiger partial charge in [0.05, 0.1) is 7.11 Å². The van der Waals surface area contributed by atoms with Crippen LogP contribution in [0.3, 0.4) is 0 Å². The Kier molecular flexibility index (Phi) is 4.25. The Morgan fingerprint density at radius 1 is 1.30 bits per heavy atom. The van der Waals surface area contributed by atoms with Crippen molar-refractivity contribution in [1.29, 1.82) is 0 Å². The van der Waals surface area contributed by atoms with Crippen LogP contribution in [0.25, 0.3) is 6.08 Å². The number of hydrogen-bond acceptors (Lipinski definition) is 4. The summed E-state index contributed by atoms with van der Waals surface area (Å²) in [6.07, 6.45) is 3.21. The highest BCUT2D eigenvalue weighted by molar-refractivity contribution is 7.12. The Bertz CT molecular complexity index is 668. The quantitative estimate of drug-likeness (QED) is 0.684. The van der Waals surface area contributed by atoms with E-state index >= 15 is 0 Å². The van der Waals surface area contributed by atoms with Crippen molar-refractivity contribution in [3.05, 3.63) is 51.2 Å². The summed E-state index contributed by atoms with van der Waals surface area (Å²) in [5.41, 5.74) is 1.49. The number of rotatable bonds is 4. The number of aryl methyl sites for hydroxylation is 2. The Labute approximate surface area is 122 Å². The van der Waals surface area contributed by atoms with Crippen LogP contribution < -0.4 is 4.74 Å². The monoisotopic (exact) mass is 288 g/mol. The van der Waals surface area contributed by atoms with Crippen molar-refractivity contribution in [2.75, 3.05) is 7.11 Å². The first-order chi connectivity index (χ1) is 9.51. The van der Waals surface area contributed by atoms with Crippen molar-refractivity contribution in [3.63, 3.8) is 0 Å². The molecule has 3 nitrogen and oxygen atoms in total. The highest BCUT2D eigenvalue weighted by Gasteiger charge is 2.09. The Morgan fingerprint density at radius 3 is 2.60 bits per heavy atom. The van der Waals surface area contributed by atoms with Crippen LogP contribution in [0.5, 0.6) is 11.5 Å². The van der Waals surface area contributed by atoms with Crippen LogP contribution in [-0.4, -0.2) is 18.0 Å². The molecule has 0 atom stereocenters. The van der Waals surface area contributed by atoms with Crippen molar-refractivity contribution in [1.82, 2.24) is 0 Å². The number of phenolic OH excluding ortho intramolecular Hbond substituents is 1. The molecule has 2 rings (SSSR count). The molecule has 0 saturated heterocycles. The van der Waals surface area contributed by atoms with E-state index in [0.29, 0.717) is 5.75 Å². The molecule has 20 heavy (non-hydrogen) atoms. The number of ketones is 1. The number of carbonyl (C=O) groups is 1. The number of aromatic hydroxyl groups is 1. The number of phenols is 1. The van der Waals surface area contributed by atoms with E-state index in [1.54, 1.807) is 35.6 Å². The van der Waals surface area contributed by atoms with E-state index in [-0.39, 0.29) is 11.5 Å². The molecule has 2 aromatic rings. The topological polar surface area (TPSA) is 46.5 Å². The highest BCUT2D eigenvalue weighted by atomic mass is 32.1. The Morgan fingerprint density at radius 2 is 2.05 bits per heavy atom. The Balaban J connectivity index is 2.19. The fourth-order valence-electron chi connectivity index (χ4n) is 1.95. The molecule has 4 heteroatoms. The molecule has 1 aromatic carbocycles. The lowest BCUT2D eigenvalue weighted by molar-refractivity contribution is 0.104. The van der Waals surface area contributed by atoms with Crippen molar-refractivity contribution < 1.29 is 14.6 Å². The molecule has 0 unspecified atom stereocenters. The number of thiophene rings is 1. The SMILES string of the molecule is COc1ccc(/C=C/C(=O)c2cc(C)sc2C)cc1O. The third-order valence-corrected chi connectivity index (χ3v) is 3.90. The summed E-state index contributed by atoms with van der Waals surface area (Å²) in [7, 11) is 1.50. The molecule has 0 bridgehead atoms. The predicted molar refractivity (Wildman–Crippen MR) is 81.8 cm³/mol. The van der Waals surface area contributed by atoms with E-state index in [9.17, 15) is 9.90 Å². The van der Waals surface area contributed by atoms with Gasteiger partial charge in [-0.25, -0.2) is 0 Å². The first-order valence-corrected chi connectivity index (χ1v) is 6.99. The maximum absolute atomic E-state index is 12.1. The second-order valence-electron chi connectivity index (χ2n) is 4.46. The van der Waals surface area contributed by atoms with E-state index < -0.39 is 0 Å². The number of hydrogen-bond donors (Lipinski definition) is 1. The lowest BCUT2D eigenvalue weighted by Crippen LogP contribution is -1.93. The van der Waals surface area contributed by atoms with Gasteiger partial charge in [-0.1, -0.05) is 12.1 Å². The molecular weight excluding hydrogens is 272 g/mol. The van der Waals surface area contributed by atoms with Gasteiger partial charge in [0.1, 0.15) is 0 Å². The van der Waals surface area contributed by atoms with Gasteiger partial charge in [0.2, 0.25) is 0 Å². The van der Waals surface area contributed by atoms with Crippen LogP contribution in [-0.2, 0) is 0 Å². The maximum atomic E-state index is 12.1. The number of ether oxygens (including phenoxy) is 1. The van der Waals surface area contributed by atoms with Gasteiger partial charge in [0.15, 0.2) is 17.3 Å². The molecule has 0 spiro atoms. The summed E-state index contributed by atoms with van der Waals surface area (Å²) in [5, 5.41) is 9.68. The summed E-state index contributed by atoms with van der Waals surface area (Å²) >= 11 is 1.62. The standard InChI is InChI=1S/C16H16O3S/c1-10-8-13(11(2)20-10)14(17)6-4-12-5-7-16(19-3)15(18)9-12/h4-9,18H,1-3H3/b6-4+. The van der Waals surface area contributed by atoms with Crippen molar-refractivity contribution >= 4 is 23.2 Å². The van der Waals surface area contributed by atoms with Gasteiger partial charge in [-0.05, 0) is 43.7 Å². The van der Waals surface area contributed by atoms with E-state index in [1.165, 1.54) is 13.2 Å². The van der Waals surface area contributed by atoms with Crippen LogP contribution in [0, 0.1) is 13.8 Å². The summed E-state index contributed by atoms with van der Waals surface area (Å²) < 4.78 is 4.97. The zero-order valence-corrected chi connectivity index (χ0v) is 12.5. The molecule has 1 aromatic heterocycles. The van der Waals surface area contributed by atoms with E-state index in [0.717, 1.165) is 20.9 Å².